The van der Waals surface area contributed by atoms with E-state index in [9.17, 15) is 9.59 Å². The molecule has 0 unspecified atom stereocenters. The quantitative estimate of drug-likeness (QED) is 0.754. The van der Waals surface area contributed by atoms with Gasteiger partial charge >= 0.3 is 5.97 Å². The van der Waals surface area contributed by atoms with Gasteiger partial charge in [0.15, 0.2) is 18.2 Å². The molecule has 1 amide bonds. The van der Waals surface area contributed by atoms with Crippen LogP contribution >= 0.6 is 11.6 Å². The summed E-state index contributed by atoms with van der Waals surface area (Å²) >= 11 is 6.24. The minimum atomic E-state index is -0.603. The van der Waals surface area contributed by atoms with Crippen molar-refractivity contribution in [2.75, 3.05) is 19.5 Å². The standard InChI is InChI=1S/C18H22ClN3O5/c1-18(2,3)17(24)27-10-22-9-11(8-20-22)21-16(23)12-6-7-13(25-4)15(26-5)14(12)19/h6-9H,10H2,1-5H3,(H,21,23). The molecule has 0 saturated carbocycles. The van der Waals surface area contributed by atoms with Gasteiger partial charge in [-0.25, -0.2) is 4.68 Å². The Morgan fingerprint density at radius 1 is 1.22 bits per heavy atom. The van der Waals surface area contributed by atoms with E-state index in [0.29, 0.717) is 11.4 Å². The zero-order valence-corrected chi connectivity index (χ0v) is 16.6. The summed E-state index contributed by atoms with van der Waals surface area (Å²) in [6.45, 7) is 5.23. The maximum Gasteiger partial charge on any atom is 0.313 e. The largest absolute Gasteiger partial charge is 0.493 e. The van der Waals surface area contributed by atoms with Crippen molar-refractivity contribution in [1.29, 1.82) is 0 Å². The van der Waals surface area contributed by atoms with Crippen LogP contribution in [0.2, 0.25) is 5.02 Å². The molecule has 8 nitrogen and oxygen atoms in total. The summed E-state index contributed by atoms with van der Waals surface area (Å²) in [5.41, 5.74) is 0.0489. The van der Waals surface area contributed by atoms with Gasteiger partial charge in [-0.1, -0.05) is 11.6 Å². The topological polar surface area (TPSA) is 91.7 Å². The number of amides is 1. The zero-order valence-electron chi connectivity index (χ0n) is 15.8. The van der Waals surface area contributed by atoms with E-state index in [4.69, 9.17) is 25.8 Å². The third-order valence-corrected chi connectivity index (χ3v) is 3.94. The fourth-order valence-corrected chi connectivity index (χ4v) is 2.42. The lowest BCUT2D eigenvalue weighted by molar-refractivity contribution is -0.157. The number of rotatable bonds is 6. The van der Waals surface area contributed by atoms with E-state index in [2.05, 4.69) is 10.4 Å². The Morgan fingerprint density at radius 2 is 1.93 bits per heavy atom. The number of nitrogens with one attached hydrogen (secondary N) is 1. The fourth-order valence-electron chi connectivity index (χ4n) is 2.10. The van der Waals surface area contributed by atoms with Crippen LogP contribution in [0, 0.1) is 5.41 Å². The number of carbonyl (C=O) groups is 2. The number of hydrogen-bond donors (Lipinski definition) is 1. The summed E-state index contributed by atoms with van der Waals surface area (Å²) in [4.78, 5) is 24.3. The van der Waals surface area contributed by atoms with Crippen molar-refractivity contribution in [3.63, 3.8) is 0 Å². The monoisotopic (exact) mass is 395 g/mol. The molecular formula is C18H22ClN3O5. The number of ether oxygens (including phenoxy) is 3. The van der Waals surface area contributed by atoms with Crippen molar-refractivity contribution in [2.45, 2.75) is 27.5 Å². The Labute approximate surface area is 162 Å². The lowest BCUT2D eigenvalue weighted by Gasteiger charge is -2.16. The normalized spacial score (nSPS) is 11.0. The van der Waals surface area contributed by atoms with Crippen molar-refractivity contribution in [3.05, 3.63) is 35.1 Å². The van der Waals surface area contributed by atoms with Crippen LogP contribution in [0.1, 0.15) is 31.1 Å². The minimum Gasteiger partial charge on any atom is -0.493 e. The van der Waals surface area contributed by atoms with Crippen molar-refractivity contribution in [1.82, 2.24) is 9.78 Å². The molecule has 0 aliphatic rings. The highest BCUT2D eigenvalue weighted by Crippen LogP contribution is 2.37. The highest BCUT2D eigenvalue weighted by Gasteiger charge is 2.23. The lowest BCUT2D eigenvalue weighted by Crippen LogP contribution is -2.24. The Bertz CT molecular complexity index is 842. The third-order valence-electron chi connectivity index (χ3n) is 3.56. The Morgan fingerprint density at radius 3 is 2.52 bits per heavy atom. The molecule has 1 N–H and O–H groups in total. The number of carbonyl (C=O) groups excluding carboxylic acids is 2. The second-order valence-corrected chi connectivity index (χ2v) is 7.07. The molecule has 1 heterocycles. The first-order chi connectivity index (χ1) is 12.7. The Kier molecular flexibility index (Phi) is 6.32. The molecule has 0 saturated heterocycles. The second-order valence-electron chi connectivity index (χ2n) is 6.70. The molecule has 0 atom stereocenters. The first kappa shape index (κ1) is 20.6. The minimum absolute atomic E-state index is 0.0525. The zero-order chi connectivity index (χ0) is 20.2. The molecule has 1 aromatic heterocycles. The van der Waals surface area contributed by atoms with Crippen molar-refractivity contribution >= 4 is 29.2 Å². The highest BCUT2D eigenvalue weighted by molar-refractivity contribution is 6.36. The van der Waals surface area contributed by atoms with Crippen LogP contribution in [-0.4, -0.2) is 35.9 Å². The van der Waals surface area contributed by atoms with Gasteiger partial charge in [-0.3, -0.25) is 9.59 Å². The molecule has 0 fully saturated rings. The molecule has 146 valence electrons. The van der Waals surface area contributed by atoms with Crippen LogP contribution in [0.5, 0.6) is 11.5 Å². The molecule has 0 aliphatic heterocycles. The van der Waals surface area contributed by atoms with Crippen molar-refractivity contribution in [2.24, 2.45) is 5.41 Å². The molecule has 9 heteroatoms. The van der Waals surface area contributed by atoms with Crippen molar-refractivity contribution < 1.29 is 23.8 Å². The molecule has 2 rings (SSSR count). The Hall–Kier alpha value is -2.74. The molecule has 0 radical (unpaired) electrons. The van der Waals surface area contributed by atoms with Gasteiger partial charge in [-0.2, -0.15) is 5.10 Å². The smallest absolute Gasteiger partial charge is 0.313 e. The average molecular weight is 396 g/mol. The van der Waals surface area contributed by atoms with Crippen LogP contribution in [0.25, 0.3) is 0 Å². The van der Waals surface area contributed by atoms with Crippen LogP contribution in [-0.2, 0) is 16.3 Å². The molecule has 0 spiro atoms. The van der Waals surface area contributed by atoms with Gasteiger partial charge in [0.05, 0.1) is 48.3 Å². The van der Waals surface area contributed by atoms with E-state index in [1.54, 1.807) is 33.0 Å². The first-order valence-corrected chi connectivity index (χ1v) is 8.46. The summed E-state index contributed by atoms with van der Waals surface area (Å²) in [7, 11) is 2.92. The summed E-state index contributed by atoms with van der Waals surface area (Å²) in [5.74, 6) is -0.0861. The van der Waals surface area contributed by atoms with E-state index >= 15 is 0 Å². The number of esters is 1. The van der Waals surface area contributed by atoms with Gasteiger partial charge in [0.25, 0.3) is 5.91 Å². The van der Waals surface area contributed by atoms with Gasteiger partial charge in [-0.05, 0) is 32.9 Å². The number of hydrogen-bond acceptors (Lipinski definition) is 6. The number of aromatic nitrogens is 2. The number of nitrogens with zero attached hydrogens (tertiary/aromatic N) is 2. The van der Waals surface area contributed by atoms with Gasteiger partial charge < -0.3 is 19.5 Å². The molecule has 0 bridgehead atoms. The van der Waals surface area contributed by atoms with Gasteiger partial charge in [0.1, 0.15) is 0 Å². The summed E-state index contributed by atoms with van der Waals surface area (Å²) in [6.07, 6.45) is 2.99. The molecule has 1 aromatic carbocycles. The predicted octanol–water partition coefficient (Wildman–Crippen LogP) is 3.35. The van der Waals surface area contributed by atoms with Gasteiger partial charge in [-0.15, -0.1) is 0 Å². The van der Waals surface area contributed by atoms with E-state index < -0.39 is 11.3 Å². The van der Waals surface area contributed by atoms with Gasteiger partial charge in [0, 0.05) is 0 Å². The van der Waals surface area contributed by atoms with E-state index in [1.165, 1.54) is 31.2 Å². The van der Waals surface area contributed by atoms with Crippen molar-refractivity contribution in [3.8, 4) is 11.5 Å². The average Bonchev–Trinajstić information content (AvgIpc) is 3.05. The maximum absolute atomic E-state index is 12.5. The van der Waals surface area contributed by atoms with Crippen LogP contribution in [0.3, 0.4) is 0 Å². The van der Waals surface area contributed by atoms with E-state index in [1.807, 2.05) is 0 Å². The van der Waals surface area contributed by atoms with Crippen LogP contribution < -0.4 is 14.8 Å². The molecule has 27 heavy (non-hydrogen) atoms. The number of halogens is 1. The van der Waals surface area contributed by atoms with Crippen LogP contribution in [0.15, 0.2) is 24.5 Å². The maximum atomic E-state index is 12.5. The number of anilines is 1. The van der Waals surface area contributed by atoms with Crippen LogP contribution in [0.4, 0.5) is 5.69 Å². The van der Waals surface area contributed by atoms with E-state index in [-0.39, 0.29) is 29.0 Å². The predicted molar refractivity (Wildman–Crippen MR) is 100 cm³/mol. The lowest BCUT2D eigenvalue weighted by atomic mass is 9.98. The molecule has 2 aromatic rings. The summed E-state index contributed by atoms with van der Waals surface area (Å²) < 4.78 is 16.9. The number of methoxy groups -OCH3 is 2. The SMILES string of the molecule is COc1ccc(C(=O)Nc2cnn(COC(=O)C(C)(C)C)c2)c(Cl)c1OC. The second kappa shape index (κ2) is 8.30. The number of benzene rings is 1. The fraction of sp³-hybridized carbons (Fsp3) is 0.389. The highest BCUT2D eigenvalue weighted by atomic mass is 35.5. The summed E-state index contributed by atoms with van der Waals surface area (Å²) in [6, 6.07) is 3.13. The summed E-state index contributed by atoms with van der Waals surface area (Å²) in [5, 5.41) is 6.87. The Balaban J connectivity index is 2.07. The third kappa shape index (κ3) is 4.91. The first-order valence-electron chi connectivity index (χ1n) is 8.09. The van der Waals surface area contributed by atoms with Gasteiger partial charge in [0.2, 0.25) is 0 Å². The molecule has 0 aliphatic carbocycles. The van der Waals surface area contributed by atoms with E-state index in [0.717, 1.165) is 0 Å². The molecular weight excluding hydrogens is 374 g/mol.